The molecule has 0 radical (unpaired) electrons. The highest BCUT2D eigenvalue weighted by Gasteiger charge is 2.14. The third kappa shape index (κ3) is 3.29. The van der Waals surface area contributed by atoms with Gasteiger partial charge in [0.25, 0.3) is 11.4 Å². The first-order chi connectivity index (χ1) is 15.1. The number of nitrogens with zero attached hydrogens (tertiary/aromatic N) is 3. The van der Waals surface area contributed by atoms with Gasteiger partial charge in [0.2, 0.25) is 5.82 Å². The molecule has 31 heavy (non-hydrogen) atoms. The molecule has 3 aromatic carbocycles. The number of hydrogen-bond acceptors (Lipinski definition) is 6. The molecular formula is C23H16N4O4. The predicted molar refractivity (Wildman–Crippen MR) is 115 cm³/mol. The van der Waals surface area contributed by atoms with Crippen molar-refractivity contribution in [3.05, 3.63) is 93.6 Å². The average Bonchev–Trinajstić information content (AvgIpc) is 3.30. The molecular weight excluding hydrogens is 396 g/mol. The fourth-order valence-corrected chi connectivity index (χ4v) is 3.38. The normalized spacial score (nSPS) is 11.0. The minimum atomic E-state index is -0.557. The molecule has 2 aromatic heterocycles. The van der Waals surface area contributed by atoms with Crippen LogP contribution in [0.1, 0.15) is 0 Å². The molecule has 152 valence electrons. The van der Waals surface area contributed by atoms with E-state index in [4.69, 9.17) is 9.26 Å². The first-order valence-electron chi connectivity index (χ1n) is 9.47. The van der Waals surface area contributed by atoms with Gasteiger partial charge in [-0.25, -0.2) is 9.36 Å². The van der Waals surface area contributed by atoms with E-state index in [0.717, 1.165) is 10.1 Å². The maximum absolute atomic E-state index is 13.0. The first kappa shape index (κ1) is 18.6. The van der Waals surface area contributed by atoms with Crippen molar-refractivity contribution in [3.63, 3.8) is 0 Å². The number of ether oxygens (including phenoxy) is 1. The summed E-state index contributed by atoms with van der Waals surface area (Å²) < 4.78 is 11.6. The van der Waals surface area contributed by atoms with Crippen molar-refractivity contribution in [2.75, 3.05) is 7.11 Å². The van der Waals surface area contributed by atoms with E-state index in [1.807, 2.05) is 30.3 Å². The Labute approximate surface area is 175 Å². The van der Waals surface area contributed by atoms with Crippen molar-refractivity contribution in [2.24, 2.45) is 0 Å². The van der Waals surface area contributed by atoms with Crippen LogP contribution < -0.4 is 16.0 Å². The summed E-state index contributed by atoms with van der Waals surface area (Å²) in [7, 11) is 1.52. The number of rotatable bonds is 4. The van der Waals surface area contributed by atoms with Crippen molar-refractivity contribution < 1.29 is 9.26 Å². The summed E-state index contributed by atoms with van der Waals surface area (Å²) in [6, 6.07) is 21.2. The number of benzene rings is 3. The van der Waals surface area contributed by atoms with Gasteiger partial charge in [-0.1, -0.05) is 41.6 Å². The summed E-state index contributed by atoms with van der Waals surface area (Å²) in [4.78, 5) is 32.9. The molecule has 5 aromatic rings. The molecule has 0 bridgehead atoms. The average molecular weight is 412 g/mol. The topological polar surface area (TPSA) is 103 Å². The van der Waals surface area contributed by atoms with Gasteiger partial charge in [0.1, 0.15) is 5.75 Å². The van der Waals surface area contributed by atoms with Gasteiger partial charge in [-0.3, -0.25) is 4.79 Å². The van der Waals surface area contributed by atoms with Crippen LogP contribution in [0.15, 0.2) is 86.9 Å². The standard InChI is InChI=1S/C23H16N4O4/c1-30-17-9-5-8-16(13-17)27-22(28)18-11-10-15(12-19(18)24-23(27)29)21-25-20(26-31-21)14-6-3-2-4-7-14/h2-13H,1H3,(H,24,29). The lowest BCUT2D eigenvalue weighted by Crippen LogP contribution is -2.33. The van der Waals surface area contributed by atoms with Crippen molar-refractivity contribution in [2.45, 2.75) is 0 Å². The smallest absolute Gasteiger partial charge is 0.333 e. The van der Waals surface area contributed by atoms with Crippen LogP contribution in [0.5, 0.6) is 5.75 Å². The molecule has 0 saturated heterocycles. The van der Waals surface area contributed by atoms with E-state index in [2.05, 4.69) is 15.1 Å². The number of aromatic amines is 1. The van der Waals surface area contributed by atoms with E-state index in [-0.39, 0.29) is 0 Å². The van der Waals surface area contributed by atoms with Gasteiger partial charge in [-0.05, 0) is 30.3 Å². The number of nitrogens with one attached hydrogen (secondary N) is 1. The van der Waals surface area contributed by atoms with Crippen LogP contribution in [-0.2, 0) is 0 Å². The van der Waals surface area contributed by atoms with Crippen LogP contribution in [0.4, 0.5) is 0 Å². The molecule has 0 aliphatic rings. The highest BCUT2D eigenvalue weighted by atomic mass is 16.5. The maximum Gasteiger partial charge on any atom is 0.333 e. The van der Waals surface area contributed by atoms with E-state index in [9.17, 15) is 9.59 Å². The molecule has 8 nitrogen and oxygen atoms in total. The molecule has 0 aliphatic heterocycles. The van der Waals surface area contributed by atoms with Gasteiger partial charge in [0.15, 0.2) is 0 Å². The highest BCUT2D eigenvalue weighted by Crippen LogP contribution is 2.24. The minimum Gasteiger partial charge on any atom is -0.497 e. The number of hydrogen-bond donors (Lipinski definition) is 1. The monoisotopic (exact) mass is 412 g/mol. The summed E-state index contributed by atoms with van der Waals surface area (Å²) >= 11 is 0. The zero-order valence-electron chi connectivity index (χ0n) is 16.4. The summed E-state index contributed by atoms with van der Waals surface area (Å²) in [6.07, 6.45) is 0. The van der Waals surface area contributed by atoms with Crippen LogP contribution in [0.25, 0.3) is 39.4 Å². The Morgan fingerprint density at radius 3 is 2.58 bits per heavy atom. The molecule has 5 rings (SSSR count). The Hall–Kier alpha value is -4.46. The molecule has 0 saturated carbocycles. The molecule has 0 aliphatic carbocycles. The highest BCUT2D eigenvalue weighted by molar-refractivity contribution is 5.82. The minimum absolute atomic E-state index is 0.290. The van der Waals surface area contributed by atoms with E-state index < -0.39 is 11.2 Å². The molecule has 1 N–H and O–H groups in total. The molecule has 0 atom stereocenters. The fraction of sp³-hybridized carbons (Fsp3) is 0.0435. The Morgan fingerprint density at radius 1 is 0.935 bits per heavy atom. The molecule has 0 amide bonds. The van der Waals surface area contributed by atoms with Crippen molar-refractivity contribution in [1.29, 1.82) is 0 Å². The zero-order valence-corrected chi connectivity index (χ0v) is 16.4. The van der Waals surface area contributed by atoms with Gasteiger partial charge in [-0.15, -0.1) is 0 Å². The Bertz CT molecular complexity index is 1520. The largest absolute Gasteiger partial charge is 0.497 e. The Balaban J connectivity index is 1.60. The van der Waals surface area contributed by atoms with Crippen molar-refractivity contribution in [3.8, 4) is 34.3 Å². The van der Waals surface area contributed by atoms with E-state index in [1.165, 1.54) is 7.11 Å². The van der Waals surface area contributed by atoms with Gasteiger partial charge in [-0.2, -0.15) is 4.98 Å². The second-order valence-corrected chi connectivity index (χ2v) is 6.82. The first-order valence-corrected chi connectivity index (χ1v) is 9.47. The molecule has 0 unspecified atom stereocenters. The third-order valence-electron chi connectivity index (χ3n) is 4.91. The van der Waals surface area contributed by atoms with E-state index in [1.54, 1.807) is 42.5 Å². The van der Waals surface area contributed by atoms with E-state index >= 15 is 0 Å². The number of fused-ring (bicyclic) bond motifs is 1. The lowest BCUT2D eigenvalue weighted by atomic mass is 10.1. The summed E-state index contributed by atoms with van der Waals surface area (Å²) in [5.74, 6) is 1.29. The fourth-order valence-electron chi connectivity index (χ4n) is 3.38. The number of aromatic nitrogens is 4. The van der Waals surface area contributed by atoms with Gasteiger partial charge < -0.3 is 14.2 Å². The molecule has 0 spiro atoms. The van der Waals surface area contributed by atoms with Crippen LogP contribution in [-0.4, -0.2) is 26.8 Å². The van der Waals surface area contributed by atoms with Gasteiger partial charge in [0, 0.05) is 17.2 Å². The quantitative estimate of drug-likeness (QED) is 0.485. The SMILES string of the molecule is COc1cccc(-n2c(=O)[nH]c3cc(-c4nc(-c5ccccc5)no4)ccc3c2=O)c1. The lowest BCUT2D eigenvalue weighted by Gasteiger charge is -2.08. The van der Waals surface area contributed by atoms with Crippen LogP contribution >= 0.6 is 0 Å². The molecule has 0 fully saturated rings. The second-order valence-electron chi connectivity index (χ2n) is 6.82. The molecule has 8 heteroatoms. The Morgan fingerprint density at radius 2 is 1.77 bits per heavy atom. The maximum atomic E-state index is 13.0. The third-order valence-corrected chi connectivity index (χ3v) is 4.91. The van der Waals surface area contributed by atoms with Crippen LogP contribution in [0, 0.1) is 0 Å². The second kappa shape index (κ2) is 7.42. The van der Waals surface area contributed by atoms with E-state index in [0.29, 0.717) is 39.6 Å². The summed E-state index contributed by atoms with van der Waals surface area (Å²) in [5, 5.41) is 4.37. The van der Waals surface area contributed by atoms with Crippen LogP contribution in [0.2, 0.25) is 0 Å². The molecule has 2 heterocycles. The summed E-state index contributed by atoms with van der Waals surface area (Å²) in [5.41, 5.74) is 1.23. The number of methoxy groups -OCH3 is 1. The lowest BCUT2D eigenvalue weighted by molar-refractivity contribution is 0.414. The summed E-state index contributed by atoms with van der Waals surface area (Å²) in [6.45, 7) is 0. The number of H-pyrrole nitrogens is 1. The zero-order chi connectivity index (χ0) is 21.4. The Kier molecular flexibility index (Phi) is 4.44. The van der Waals surface area contributed by atoms with Gasteiger partial charge in [0.05, 0.1) is 23.7 Å². The van der Waals surface area contributed by atoms with Gasteiger partial charge >= 0.3 is 5.69 Å². The predicted octanol–water partition coefficient (Wildman–Crippen LogP) is 3.40. The van der Waals surface area contributed by atoms with Crippen molar-refractivity contribution >= 4 is 10.9 Å². The van der Waals surface area contributed by atoms with Crippen LogP contribution in [0.3, 0.4) is 0 Å². The van der Waals surface area contributed by atoms with Crippen molar-refractivity contribution in [1.82, 2.24) is 19.7 Å².